The Kier molecular flexibility index (Phi) is 3.08. The molecule has 2 heteroatoms. The van der Waals surface area contributed by atoms with Crippen LogP contribution in [0.15, 0.2) is 24.3 Å². The fourth-order valence-electron chi connectivity index (χ4n) is 4.42. The van der Waals surface area contributed by atoms with Crippen molar-refractivity contribution in [3.05, 3.63) is 35.4 Å². The fourth-order valence-corrected chi connectivity index (χ4v) is 4.42. The number of hydrogen-bond donors (Lipinski definition) is 1. The van der Waals surface area contributed by atoms with Crippen LogP contribution in [0.2, 0.25) is 0 Å². The number of likely N-dealkylation sites (tertiary alicyclic amines) is 1. The van der Waals surface area contributed by atoms with Crippen molar-refractivity contribution in [3.8, 4) is 0 Å². The average Bonchev–Trinajstić information content (AvgIpc) is 2.94. The molecule has 0 radical (unpaired) electrons. The van der Waals surface area contributed by atoms with Gasteiger partial charge in [-0.25, -0.2) is 0 Å². The van der Waals surface area contributed by atoms with E-state index in [-0.39, 0.29) is 0 Å². The van der Waals surface area contributed by atoms with Crippen LogP contribution < -0.4 is 5.32 Å². The molecule has 3 atom stereocenters. The molecule has 0 saturated carbocycles. The summed E-state index contributed by atoms with van der Waals surface area (Å²) < 4.78 is 0. The second-order valence-electron chi connectivity index (χ2n) is 6.59. The van der Waals surface area contributed by atoms with Crippen molar-refractivity contribution in [1.82, 2.24) is 10.2 Å². The van der Waals surface area contributed by atoms with E-state index in [4.69, 9.17) is 0 Å². The number of rotatable bonds is 1. The molecule has 3 unspecified atom stereocenters. The SMILES string of the molecule is c1ccc2c(c1)CCCCC2N1CC2CNCC2C1. The molecule has 0 amide bonds. The molecule has 4 rings (SSSR count). The quantitative estimate of drug-likeness (QED) is 0.777. The van der Waals surface area contributed by atoms with Crippen molar-refractivity contribution in [2.24, 2.45) is 11.8 Å². The minimum Gasteiger partial charge on any atom is -0.316 e. The van der Waals surface area contributed by atoms with Crippen LogP contribution in [0.25, 0.3) is 0 Å². The molecule has 2 aliphatic heterocycles. The van der Waals surface area contributed by atoms with E-state index in [0.717, 1.165) is 11.8 Å². The zero-order chi connectivity index (χ0) is 12.7. The molecule has 1 aromatic carbocycles. The lowest BCUT2D eigenvalue weighted by Gasteiger charge is -2.29. The maximum Gasteiger partial charge on any atom is 0.0351 e. The first-order valence-electron chi connectivity index (χ1n) is 7.94. The largest absolute Gasteiger partial charge is 0.316 e. The first-order chi connectivity index (χ1) is 9.42. The number of fused-ring (bicyclic) bond motifs is 2. The summed E-state index contributed by atoms with van der Waals surface area (Å²) in [5.41, 5.74) is 3.24. The Morgan fingerprint density at radius 1 is 1.00 bits per heavy atom. The van der Waals surface area contributed by atoms with E-state index < -0.39 is 0 Å². The summed E-state index contributed by atoms with van der Waals surface area (Å²) in [5.74, 6) is 1.82. The van der Waals surface area contributed by atoms with Crippen LogP contribution in [0.5, 0.6) is 0 Å². The lowest BCUT2D eigenvalue weighted by molar-refractivity contribution is 0.216. The highest BCUT2D eigenvalue weighted by atomic mass is 15.2. The lowest BCUT2D eigenvalue weighted by Crippen LogP contribution is -2.30. The highest BCUT2D eigenvalue weighted by Gasteiger charge is 2.39. The van der Waals surface area contributed by atoms with Gasteiger partial charge in [0, 0.05) is 19.1 Å². The zero-order valence-corrected chi connectivity index (χ0v) is 11.6. The average molecular weight is 256 g/mol. The Morgan fingerprint density at radius 2 is 1.79 bits per heavy atom. The van der Waals surface area contributed by atoms with Gasteiger partial charge < -0.3 is 5.32 Å². The summed E-state index contributed by atoms with van der Waals surface area (Å²) in [7, 11) is 0. The molecule has 2 heterocycles. The van der Waals surface area contributed by atoms with Gasteiger partial charge in [0.1, 0.15) is 0 Å². The topological polar surface area (TPSA) is 15.3 Å². The van der Waals surface area contributed by atoms with E-state index in [1.165, 1.54) is 51.9 Å². The molecule has 19 heavy (non-hydrogen) atoms. The smallest absolute Gasteiger partial charge is 0.0351 e. The monoisotopic (exact) mass is 256 g/mol. The molecular weight excluding hydrogens is 232 g/mol. The Bertz CT molecular complexity index is 444. The van der Waals surface area contributed by atoms with Crippen LogP contribution in [-0.4, -0.2) is 31.1 Å². The molecule has 1 N–H and O–H groups in total. The Hall–Kier alpha value is -0.860. The van der Waals surface area contributed by atoms with Crippen molar-refractivity contribution in [2.75, 3.05) is 26.2 Å². The van der Waals surface area contributed by atoms with Crippen LogP contribution in [0.1, 0.15) is 36.4 Å². The van der Waals surface area contributed by atoms with Crippen molar-refractivity contribution in [1.29, 1.82) is 0 Å². The van der Waals surface area contributed by atoms with Gasteiger partial charge in [-0.1, -0.05) is 30.7 Å². The van der Waals surface area contributed by atoms with E-state index in [2.05, 4.69) is 34.5 Å². The molecule has 3 aliphatic rings. The fraction of sp³-hybridized carbons (Fsp3) is 0.647. The predicted molar refractivity (Wildman–Crippen MR) is 78.2 cm³/mol. The summed E-state index contributed by atoms with van der Waals surface area (Å²) in [4.78, 5) is 2.79. The van der Waals surface area contributed by atoms with Crippen LogP contribution >= 0.6 is 0 Å². The summed E-state index contributed by atoms with van der Waals surface area (Å²) in [5, 5.41) is 3.55. The summed E-state index contributed by atoms with van der Waals surface area (Å²) in [6.07, 6.45) is 5.41. The number of hydrogen-bond acceptors (Lipinski definition) is 2. The third-order valence-electron chi connectivity index (χ3n) is 5.45. The normalized spacial score (nSPS) is 34.8. The van der Waals surface area contributed by atoms with Crippen molar-refractivity contribution >= 4 is 0 Å². The summed E-state index contributed by atoms with van der Waals surface area (Å²) >= 11 is 0. The standard InChI is InChI=1S/C17H24N2/c1-3-7-16-13(5-1)6-2-4-8-17(16)19-11-14-9-18-10-15(14)12-19/h1,3,5,7,14-15,17-18H,2,4,6,8-12H2. The number of nitrogens with zero attached hydrogens (tertiary/aromatic N) is 1. The van der Waals surface area contributed by atoms with Crippen LogP contribution in [0.4, 0.5) is 0 Å². The molecular formula is C17H24N2. The van der Waals surface area contributed by atoms with Gasteiger partial charge in [-0.3, -0.25) is 4.90 Å². The van der Waals surface area contributed by atoms with E-state index in [1.54, 1.807) is 11.1 Å². The van der Waals surface area contributed by atoms with E-state index in [1.807, 2.05) is 0 Å². The molecule has 0 bridgehead atoms. The van der Waals surface area contributed by atoms with Gasteiger partial charge in [0.25, 0.3) is 0 Å². The highest BCUT2D eigenvalue weighted by molar-refractivity contribution is 5.31. The molecule has 1 aromatic rings. The van der Waals surface area contributed by atoms with Gasteiger partial charge in [-0.05, 0) is 55.3 Å². The first-order valence-corrected chi connectivity index (χ1v) is 7.94. The van der Waals surface area contributed by atoms with Gasteiger partial charge in [-0.15, -0.1) is 0 Å². The van der Waals surface area contributed by atoms with Crippen molar-refractivity contribution in [2.45, 2.75) is 31.7 Å². The molecule has 2 fully saturated rings. The Morgan fingerprint density at radius 3 is 2.63 bits per heavy atom. The minimum absolute atomic E-state index is 0.698. The zero-order valence-electron chi connectivity index (χ0n) is 11.6. The Balaban J connectivity index is 1.61. The first kappa shape index (κ1) is 11.9. The van der Waals surface area contributed by atoms with Gasteiger partial charge in [0.15, 0.2) is 0 Å². The van der Waals surface area contributed by atoms with Gasteiger partial charge in [0.05, 0.1) is 0 Å². The van der Waals surface area contributed by atoms with Crippen LogP contribution in [-0.2, 0) is 6.42 Å². The lowest BCUT2D eigenvalue weighted by atomic mass is 9.98. The summed E-state index contributed by atoms with van der Waals surface area (Å²) in [6.45, 7) is 5.12. The second-order valence-corrected chi connectivity index (χ2v) is 6.59. The van der Waals surface area contributed by atoms with E-state index >= 15 is 0 Å². The molecule has 1 aliphatic carbocycles. The predicted octanol–water partition coefficient (Wildman–Crippen LogP) is 2.61. The maximum absolute atomic E-state index is 3.55. The minimum atomic E-state index is 0.698. The molecule has 102 valence electrons. The van der Waals surface area contributed by atoms with Crippen molar-refractivity contribution < 1.29 is 0 Å². The van der Waals surface area contributed by atoms with Gasteiger partial charge in [0.2, 0.25) is 0 Å². The van der Waals surface area contributed by atoms with Crippen molar-refractivity contribution in [3.63, 3.8) is 0 Å². The molecule has 0 aromatic heterocycles. The molecule has 2 nitrogen and oxygen atoms in total. The number of nitrogens with one attached hydrogen (secondary N) is 1. The van der Waals surface area contributed by atoms with E-state index in [0.29, 0.717) is 6.04 Å². The third kappa shape index (κ3) is 2.11. The number of benzene rings is 1. The van der Waals surface area contributed by atoms with Crippen LogP contribution in [0, 0.1) is 11.8 Å². The third-order valence-corrected chi connectivity index (χ3v) is 5.45. The van der Waals surface area contributed by atoms with E-state index in [9.17, 15) is 0 Å². The second kappa shape index (κ2) is 4.92. The Labute approximate surface area is 116 Å². The molecule has 0 spiro atoms. The molecule has 2 saturated heterocycles. The van der Waals surface area contributed by atoms with Gasteiger partial charge in [-0.2, -0.15) is 0 Å². The summed E-state index contributed by atoms with van der Waals surface area (Å²) in [6, 6.07) is 9.88. The van der Waals surface area contributed by atoms with Crippen LogP contribution in [0.3, 0.4) is 0 Å². The number of aryl methyl sites for hydroxylation is 1. The highest BCUT2D eigenvalue weighted by Crippen LogP contribution is 2.38. The van der Waals surface area contributed by atoms with Gasteiger partial charge >= 0.3 is 0 Å². The maximum atomic E-state index is 3.55.